The SMILES string of the molecule is CCc1cc(CC2(Cc3ccccc3)CNC2)n(C)n1. The third kappa shape index (κ3) is 2.63. The fourth-order valence-corrected chi connectivity index (χ4v) is 3.11. The van der Waals surface area contributed by atoms with Crippen molar-refractivity contribution in [2.75, 3.05) is 13.1 Å². The summed E-state index contributed by atoms with van der Waals surface area (Å²) in [7, 11) is 2.07. The largest absolute Gasteiger partial charge is 0.315 e. The summed E-state index contributed by atoms with van der Waals surface area (Å²) in [5.74, 6) is 0. The average Bonchev–Trinajstić information content (AvgIpc) is 2.78. The summed E-state index contributed by atoms with van der Waals surface area (Å²) in [5.41, 5.74) is 4.36. The molecule has 0 unspecified atom stereocenters. The van der Waals surface area contributed by atoms with Crippen LogP contribution in [0.3, 0.4) is 0 Å². The number of benzene rings is 1. The molecule has 3 nitrogen and oxygen atoms in total. The van der Waals surface area contributed by atoms with Crippen LogP contribution < -0.4 is 5.32 Å². The van der Waals surface area contributed by atoms with E-state index in [9.17, 15) is 0 Å². The van der Waals surface area contributed by atoms with Gasteiger partial charge in [0.05, 0.1) is 5.69 Å². The Morgan fingerprint density at radius 2 is 1.95 bits per heavy atom. The predicted octanol–water partition coefficient (Wildman–Crippen LogP) is 2.36. The zero-order chi connectivity index (χ0) is 14.0. The topological polar surface area (TPSA) is 29.9 Å². The van der Waals surface area contributed by atoms with Crippen molar-refractivity contribution in [2.24, 2.45) is 12.5 Å². The molecule has 1 aliphatic rings. The van der Waals surface area contributed by atoms with Crippen molar-refractivity contribution in [1.29, 1.82) is 0 Å². The van der Waals surface area contributed by atoms with Crippen molar-refractivity contribution < 1.29 is 0 Å². The van der Waals surface area contributed by atoms with E-state index in [-0.39, 0.29) is 0 Å². The Morgan fingerprint density at radius 1 is 1.20 bits per heavy atom. The molecule has 1 aromatic carbocycles. The molecule has 3 rings (SSSR count). The first kappa shape index (κ1) is 13.4. The van der Waals surface area contributed by atoms with Gasteiger partial charge >= 0.3 is 0 Å². The zero-order valence-corrected chi connectivity index (χ0v) is 12.4. The van der Waals surface area contributed by atoms with E-state index < -0.39 is 0 Å². The zero-order valence-electron chi connectivity index (χ0n) is 12.4. The van der Waals surface area contributed by atoms with Gasteiger partial charge in [-0.2, -0.15) is 5.10 Å². The number of hydrogen-bond donors (Lipinski definition) is 1. The van der Waals surface area contributed by atoms with E-state index in [2.05, 4.69) is 65.5 Å². The Hall–Kier alpha value is -1.61. The lowest BCUT2D eigenvalue weighted by molar-refractivity contribution is 0.163. The van der Waals surface area contributed by atoms with Gasteiger partial charge in [-0.3, -0.25) is 4.68 Å². The van der Waals surface area contributed by atoms with E-state index in [1.54, 1.807) is 0 Å². The van der Waals surface area contributed by atoms with Crippen molar-refractivity contribution >= 4 is 0 Å². The van der Waals surface area contributed by atoms with Crippen LogP contribution >= 0.6 is 0 Å². The molecule has 1 saturated heterocycles. The van der Waals surface area contributed by atoms with Gasteiger partial charge in [-0.05, 0) is 30.9 Å². The number of aromatic nitrogens is 2. The summed E-state index contributed by atoms with van der Waals surface area (Å²) in [6, 6.07) is 13.1. The fourth-order valence-electron chi connectivity index (χ4n) is 3.11. The monoisotopic (exact) mass is 269 g/mol. The Balaban J connectivity index is 1.77. The summed E-state index contributed by atoms with van der Waals surface area (Å²) in [6.07, 6.45) is 3.27. The van der Waals surface area contributed by atoms with Crippen molar-refractivity contribution in [2.45, 2.75) is 26.2 Å². The Kier molecular flexibility index (Phi) is 3.62. The maximum Gasteiger partial charge on any atom is 0.0624 e. The number of rotatable bonds is 5. The number of nitrogens with one attached hydrogen (secondary N) is 1. The van der Waals surface area contributed by atoms with Gasteiger partial charge in [-0.15, -0.1) is 0 Å². The first-order valence-corrected chi connectivity index (χ1v) is 7.47. The summed E-state index contributed by atoms with van der Waals surface area (Å²) in [4.78, 5) is 0. The first-order valence-electron chi connectivity index (χ1n) is 7.47. The molecule has 1 fully saturated rings. The van der Waals surface area contributed by atoms with Gasteiger partial charge < -0.3 is 5.32 Å². The normalized spacial score (nSPS) is 16.9. The van der Waals surface area contributed by atoms with Crippen LogP contribution in [0.1, 0.15) is 23.9 Å². The molecule has 0 radical (unpaired) electrons. The maximum atomic E-state index is 4.57. The molecule has 1 aromatic heterocycles. The van der Waals surface area contributed by atoms with Crippen LogP contribution in [0.2, 0.25) is 0 Å². The molecule has 106 valence electrons. The highest BCUT2D eigenvalue weighted by atomic mass is 15.3. The molecule has 2 aromatic rings. The molecule has 0 amide bonds. The third-order valence-corrected chi connectivity index (χ3v) is 4.37. The molecule has 0 bridgehead atoms. The maximum absolute atomic E-state index is 4.57. The van der Waals surface area contributed by atoms with Crippen molar-refractivity contribution in [1.82, 2.24) is 15.1 Å². The molecule has 20 heavy (non-hydrogen) atoms. The van der Waals surface area contributed by atoms with Crippen LogP contribution in [0.5, 0.6) is 0 Å². The fraction of sp³-hybridized carbons (Fsp3) is 0.471. The minimum Gasteiger partial charge on any atom is -0.315 e. The van der Waals surface area contributed by atoms with E-state index in [1.165, 1.54) is 17.0 Å². The highest BCUT2D eigenvalue weighted by molar-refractivity contribution is 5.21. The van der Waals surface area contributed by atoms with E-state index >= 15 is 0 Å². The summed E-state index contributed by atoms with van der Waals surface area (Å²) < 4.78 is 2.06. The smallest absolute Gasteiger partial charge is 0.0624 e. The number of nitrogens with zero attached hydrogens (tertiary/aromatic N) is 2. The van der Waals surface area contributed by atoms with Gasteiger partial charge in [-0.1, -0.05) is 37.3 Å². The van der Waals surface area contributed by atoms with Gasteiger partial charge in [-0.25, -0.2) is 0 Å². The molecule has 3 heteroatoms. The average molecular weight is 269 g/mol. The van der Waals surface area contributed by atoms with Crippen LogP contribution in [-0.4, -0.2) is 22.9 Å². The van der Waals surface area contributed by atoms with Crippen LogP contribution in [0.15, 0.2) is 36.4 Å². The lowest BCUT2D eigenvalue weighted by Gasteiger charge is -2.43. The van der Waals surface area contributed by atoms with Crippen LogP contribution in [-0.2, 0) is 26.3 Å². The van der Waals surface area contributed by atoms with E-state index in [0.717, 1.165) is 32.4 Å². The summed E-state index contributed by atoms with van der Waals surface area (Å²) in [6.45, 7) is 4.37. The van der Waals surface area contributed by atoms with Crippen LogP contribution in [0.4, 0.5) is 0 Å². The van der Waals surface area contributed by atoms with Crippen molar-refractivity contribution in [3.8, 4) is 0 Å². The minimum absolute atomic E-state index is 0.361. The minimum atomic E-state index is 0.361. The van der Waals surface area contributed by atoms with E-state index in [1.807, 2.05) is 0 Å². The van der Waals surface area contributed by atoms with Crippen molar-refractivity contribution in [3.63, 3.8) is 0 Å². The number of hydrogen-bond acceptors (Lipinski definition) is 2. The van der Waals surface area contributed by atoms with Gasteiger partial charge in [0.1, 0.15) is 0 Å². The van der Waals surface area contributed by atoms with E-state index in [4.69, 9.17) is 0 Å². The van der Waals surface area contributed by atoms with Crippen molar-refractivity contribution in [3.05, 3.63) is 53.3 Å². The molecule has 0 aliphatic carbocycles. The highest BCUT2D eigenvalue weighted by Crippen LogP contribution is 2.32. The molecule has 1 aliphatic heterocycles. The molecule has 0 saturated carbocycles. The van der Waals surface area contributed by atoms with Gasteiger partial charge in [0.2, 0.25) is 0 Å². The van der Waals surface area contributed by atoms with Crippen LogP contribution in [0, 0.1) is 5.41 Å². The third-order valence-electron chi connectivity index (χ3n) is 4.37. The Bertz CT molecular complexity index is 567. The predicted molar refractivity (Wildman–Crippen MR) is 81.7 cm³/mol. The Labute approximate surface area is 121 Å². The quantitative estimate of drug-likeness (QED) is 0.903. The second-order valence-electron chi connectivity index (χ2n) is 6.05. The molecule has 2 heterocycles. The summed E-state index contributed by atoms with van der Waals surface area (Å²) >= 11 is 0. The Morgan fingerprint density at radius 3 is 2.50 bits per heavy atom. The second kappa shape index (κ2) is 5.41. The van der Waals surface area contributed by atoms with Crippen LogP contribution in [0.25, 0.3) is 0 Å². The highest BCUT2D eigenvalue weighted by Gasteiger charge is 2.37. The van der Waals surface area contributed by atoms with Gasteiger partial charge in [0.25, 0.3) is 0 Å². The second-order valence-corrected chi connectivity index (χ2v) is 6.05. The van der Waals surface area contributed by atoms with E-state index in [0.29, 0.717) is 5.41 Å². The van der Waals surface area contributed by atoms with Gasteiger partial charge in [0, 0.05) is 31.2 Å². The first-order chi connectivity index (χ1) is 9.71. The molecular formula is C17H23N3. The van der Waals surface area contributed by atoms with Gasteiger partial charge in [0.15, 0.2) is 0 Å². The lowest BCUT2D eigenvalue weighted by Crippen LogP contribution is -2.56. The molecule has 0 spiro atoms. The molecule has 1 N–H and O–H groups in total. The molecular weight excluding hydrogens is 246 g/mol. The standard InChI is InChI=1S/C17H23N3/c1-3-15-9-16(20(2)19-15)11-17(12-18-13-17)10-14-7-5-4-6-8-14/h4-9,18H,3,10-13H2,1-2H3. The number of aryl methyl sites for hydroxylation is 2. The molecule has 0 atom stereocenters. The summed E-state index contributed by atoms with van der Waals surface area (Å²) in [5, 5.41) is 8.03. The lowest BCUT2D eigenvalue weighted by atomic mass is 9.73.